The van der Waals surface area contributed by atoms with Crippen LogP contribution in [0.25, 0.3) is 0 Å². The number of carbonyl (C=O) groups is 1. The lowest BCUT2D eigenvalue weighted by atomic mass is 10.2. The van der Waals surface area contributed by atoms with Crippen molar-refractivity contribution < 1.29 is 27.8 Å². The third-order valence-electron chi connectivity index (χ3n) is 3.63. The first-order valence-corrected chi connectivity index (χ1v) is 10.3. The zero-order valence-corrected chi connectivity index (χ0v) is 18.9. The third-order valence-corrected chi connectivity index (χ3v) is 3.63. The van der Waals surface area contributed by atoms with Crippen molar-refractivity contribution in [3.8, 4) is 11.5 Å². The fourth-order valence-corrected chi connectivity index (χ4v) is 2.48. The molecule has 0 saturated carbocycles. The van der Waals surface area contributed by atoms with E-state index in [1.54, 1.807) is 45.9 Å². The number of ether oxygens (including phenoxy) is 3. The Labute approximate surface area is 182 Å². The van der Waals surface area contributed by atoms with Crippen molar-refractivity contribution in [1.29, 1.82) is 0 Å². The molecule has 0 fully saturated rings. The number of rotatable bonds is 11. The highest BCUT2D eigenvalue weighted by atomic mass is 19.3. The van der Waals surface area contributed by atoms with E-state index in [4.69, 9.17) is 9.47 Å². The van der Waals surface area contributed by atoms with Gasteiger partial charge in [0.25, 0.3) is 0 Å². The first kappa shape index (κ1) is 26.3. The van der Waals surface area contributed by atoms with E-state index in [9.17, 15) is 13.6 Å². The number of nitrogens with zero attached hydrogens (tertiary/aromatic N) is 1. The Balaban J connectivity index is 2.66. The van der Waals surface area contributed by atoms with Crippen molar-refractivity contribution in [2.45, 2.75) is 59.8 Å². The molecule has 0 heterocycles. The van der Waals surface area contributed by atoms with Crippen molar-refractivity contribution in [1.82, 2.24) is 16.0 Å². The number of alkyl carbamates (subject to hydrolysis) is 1. The normalized spacial score (nSPS) is 11.8. The minimum absolute atomic E-state index is 0.0134. The zero-order chi connectivity index (χ0) is 23.3. The largest absolute Gasteiger partial charge is 0.490 e. The van der Waals surface area contributed by atoms with Crippen molar-refractivity contribution in [3.05, 3.63) is 23.8 Å². The minimum Gasteiger partial charge on any atom is -0.490 e. The summed E-state index contributed by atoms with van der Waals surface area (Å²) in [5, 5.41) is 8.91. The second-order valence-electron chi connectivity index (χ2n) is 7.46. The van der Waals surface area contributed by atoms with Crippen LogP contribution in [-0.4, -0.2) is 50.5 Å². The van der Waals surface area contributed by atoms with Gasteiger partial charge < -0.3 is 30.2 Å². The lowest BCUT2D eigenvalue weighted by molar-refractivity contribution is -0.0520. The molecule has 0 spiro atoms. The number of hydrogen-bond donors (Lipinski definition) is 3. The molecular formula is C21H34F2N4O4. The monoisotopic (exact) mass is 444 g/mol. The molecule has 176 valence electrons. The fourth-order valence-electron chi connectivity index (χ4n) is 2.48. The third kappa shape index (κ3) is 11.3. The first-order chi connectivity index (χ1) is 14.7. The molecule has 0 unspecified atom stereocenters. The molecule has 1 amide bonds. The Kier molecular flexibility index (Phi) is 11.4. The van der Waals surface area contributed by atoms with E-state index in [0.717, 1.165) is 0 Å². The highest BCUT2D eigenvalue weighted by Gasteiger charge is 2.16. The van der Waals surface area contributed by atoms with Gasteiger partial charge in [-0.1, -0.05) is 12.1 Å². The van der Waals surface area contributed by atoms with Gasteiger partial charge >= 0.3 is 12.7 Å². The van der Waals surface area contributed by atoms with Crippen LogP contribution >= 0.6 is 0 Å². The van der Waals surface area contributed by atoms with Gasteiger partial charge in [0, 0.05) is 25.2 Å². The molecule has 1 aromatic carbocycles. The second-order valence-corrected chi connectivity index (χ2v) is 7.46. The number of halogens is 2. The van der Waals surface area contributed by atoms with Gasteiger partial charge in [0.2, 0.25) is 0 Å². The number of amides is 1. The van der Waals surface area contributed by atoms with E-state index in [1.165, 1.54) is 0 Å². The molecule has 0 aliphatic heterocycles. The lowest BCUT2D eigenvalue weighted by Gasteiger charge is -2.19. The zero-order valence-electron chi connectivity index (χ0n) is 18.9. The Bertz CT molecular complexity index is 709. The van der Waals surface area contributed by atoms with Crippen LogP contribution < -0.4 is 25.4 Å². The van der Waals surface area contributed by atoms with Gasteiger partial charge in [-0.25, -0.2) is 9.79 Å². The quantitative estimate of drug-likeness (QED) is 0.274. The molecule has 0 radical (unpaired) electrons. The van der Waals surface area contributed by atoms with Crippen LogP contribution in [0.3, 0.4) is 0 Å². The van der Waals surface area contributed by atoms with Gasteiger partial charge in [0.1, 0.15) is 5.60 Å². The predicted molar refractivity (Wildman–Crippen MR) is 116 cm³/mol. The summed E-state index contributed by atoms with van der Waals surface area (Å²) in [7, 11) is 0. The number of para-hydroxylation sites is 1. The molecule has 31 heavy (non-hydrogen) atoms. The van der Waals surface area contributed by atoms with Crippen molar-refractivity contribution >= 4 is 12.1 Å². The summed E-state index contributed by atoms with van der Waals surface area (Å²) in [4.78, 5) is 16.1. The van der Waals surface area contributed by atoms with Crippen LogP contribution in [0.15, 0.2) is 23.2 Å². The molecule has 0 saturated heterocycles. The average molecular weight is 445 g/mol. The number of nitrogens with one attached hydrogen (secondary N) is 3. The van der Waals surface area contributed by atoms with Crippen LogP contribution in [0.5, 0.6) is 11.5 Å². The summed E-state index contributed by atoms with van der Waals surface area (Å²) >= 11 is 0. The number of hydrogen-bond acceptors (Lipinski definition) is 5. The Morgan fingerprint density at radius 1 is 1.13 bits per heavy atom. The summed E-state index contributed by atoms with van der Waals surface area (Å²) in [6, 6.07) is 4.95. The van der Waals surface area contributed by atoms with Gasteiger partial charge in [0.15, 0.2) is 17.5 Å². The molecular weight excluding hydrogens is 410 g/mol. The van der Waals surface area contributed by atoms with Crippen molar-refractivity contribution in [2.75, 3.05) is 26.2 Å². The molecule has 0 aromatic heterocycles. The molecule has 8 nitrogen and oxygen atoms in total. The lowest BCUT2D eigenvalue weighted by Crippen LogP contribution is -2.39. The number of guanidine groups is 1. The smallest absolute Gasteiger partial charge is 0.407 e. The number of aliphatic imine (C=N–C) groups is 1. The van der Waals surface area contributed by atoms with Crippen molar-refractivity contribution in [2.24, 2.45) is 4.99 Å². The van der Waals surface area contributed by atoms with Gasteiger partial charge in [-0.05, 0) is 47.1 Å². The van der Waals surface area contributed by atoms with E-state index in [0.29, 0.717) is 44.2 Å². The Morgan fingerprint density at radius 2 is 1.84 bits per heavy atom. The second kappa shape index (κ2) is 13.5. The number of carbonyl (C=O) groups excluding carboxylic acids is 1. The van der Waals surface area contributed by atoms with Crippen LogP contribution in [0.1, 0.15) is 46.6 Å². The first-order valence-electron chi connectivity index (χ1n) is 10.3. The molecule has 0 atom stereocenters. The number of alkyl halides is 2. The fraction of sp³-hybridized carbons (Fsp3) is 0.619. The van der Waals surface area contributed by atoms with Crippen molar-refractivity contribution in [3.63, 3.8) is 0 Å². The maximum atomic E-state index is 12.9. The van der Waals surface area contributed by atoms with Crippen LogP contribution in [-0.2, 0) is 11.3 Å². The highest BCUT2D eigenvalue weighted by Crippen LogP contribution is 2.33. The summed E-state index contributed by atoms with van der Waals surface area (Å²) in [5.41, 5.74) is -0.0606. The minimum atomic E-state index is -2.96. The molecule has 10 heteroatoms. The van der Waals surface area contributed by atoms with E-state index in [-0.39, 0.29) is 18.0 Å². The van der Waals surface area contributed by atoms with Gasteiger partial charge in [0.05, 0.1) is 13.2 Å². The van der Waals surface area contributed by atoms with E-state index in [1.807, 2.05) is 6.92 Å². The number of benzene rings is 1. The molecule has 1 aromatic rings. The summed E-state index contributed by atoms with van der Waals surface area (Å²) in [5.74, 6) is 0.756. The molecule has 3 N–H and O–H groups in total. The van der Waals surface area contributed by atoms with Gasteiger partial charge in [-0.15, -0.1) is 0 Å². The van der Waals surface area contributed by atoms with E-state index >= 15 is 0 Å². The molecule has 0 aliphatic rings. The maximum absolute atomic E-state index is 12.9. The summed E-state index contributed by atoms with van der Waals surface area (Å²) < 4.78 is 40.9. The molecule has 0 bridgehead atoms. The highest BCUT2D eigenvalue weighted by molar-refractivity contribution is 5.79. The molecule has 1 rings (SSSR count). The van der Waals surface area contributed by atoms with Crippen LogP contribution in [0.4, 0.5) is 13.6 Å². The summed E-state index contributed by atoms with van der Waals surface area (Å²) in [6.45, 7) is 8.17. The Morgan fingerprint density at radius 3 is 2.45 bits per heavy atom. The van der Waals surface area contributed by atoms with E-state index < -0.39 is 18.3 Å². The van der Waals surface area contributed by atoms with Crippen LogP contribution in [0.2, 0.25) is 0 Å². The van der Waals surface area contributed by atoms with Gasteiger partial charge in [-0.2, -0.15) is 8.78 Å². The average Bonchev–Trinajstić information content (AvgIpc) is 2.66. The summed E-state index contributed by atoms with van der Waals surface area (Å²) in [6.07, 6.45) is 0.178. The van der Waals surface area contributed by atoms with E-state index in [2.05, 4.69) is 25.7 Å². The van der Waals surface area contributed by atoms with Crippen LogP contribution in [0, 0.1) is 0 Å². The Hall–Kier alpha value is -2.78. The standard InChI is InChI=1S/C21H34F2N4O4/c1-6-24-19(25-12-9-13-26-20(28)31-21(3,4)5)27-14-15-10-8-11-16(29-7-2)17(15)30-18(22)23/h8,10-11,18H,6-7,9,12-14H2,1-5H3,(H,26,28)(H2,24,25,27). The predicted octanol–water partition coefficient (Wildman–Crippen LogP) is 3.66. The van der Waals surface area contributed by atoms with Gasteiger partial charge in [-0.3, -0.25) is 0 Å². The topological polar surface area (TPSA) is 93.2 Å². The SMILES string of the molecule is CCNC(=NCc1cccc(OCC)c1OC(F)F)NCCCNC(=O)OC(C)(C)C. The molecule has 0 aliphatic carbocycles. The maximum Gasteiger partial charge on any atom is 0.407 e.